The molecule has 1 unspecified atom stereocenters. The lowest BCUT2D eigenvalue weighted by Crippen LogP contribution is -2.51. The number of carbonyl (C=O) groups excluding carboxylic acids is 1. The van der Waals surface area contributed by atoms with Crippen LogP contribution in [0.2, 0.25) is 0 Å². The molecule has 0 aliphatic carbocycles. The molecular formula is C11H22N2O3. The minimum absolute atomic E-state index is 0.0476. The van der Waals surface area contributed by atoms with Gasteiger partial charge in [0, 0.05) is 26.8 Å². The molecule has 1 rings (SSSR count). The highest BCUT2D eigenvalue weighted by Crippen LogP contribution is 1.96. The molecule has 1 atom stereocenters. The molecule has 94 valence electrons. The van der Waals surface area contributed by atoms with Crippen LogP contribution < -0.4 is 10.6 Å². The summed E-state index contributed by atoms with van der Waals surface area (Å²) in [6.45, 7) is 3.47. The first-order valence-corrected chi connectivity index (χ1v) is 5.92. The predicted octanol–water partition coefficient (Wildman–Crippen LogP) is -0.0923. The third-order valence-electron chi connectivity index (χ3n) is 2.56. The Bertz CT molecular complexity index is 194. The molecule has 0 spiro atoms. The quantitative estimate of drug-likeness (QED) is 0.600. The van der Waals surface area contributed by atoms with Crippen molar-refractivity contribution in [1.29, 1.82) is 0 Å². The van der Waals surface area contributed by atoms with Crippen LogP contribution in [0.4, 0.5) is 0 Å². The first-order valence-electron chi connectivity index (χ1n) is 5.92. The van der Waals surface area contributed by atoms with E-state index in [0.717, 1.165) is 39.0 Å². The number of carbonyl (C=O) groups is 1. The number of rotatable bonds is 7. The lowest BCUT2D eigenvalue weighted by atomic mass is 10.2. The molecule has 0 radical (unpaired) electrons. The fraction of sp³-hybridized carbons (Fsp3) is 0.909. The topological polar surface area (TPSA) is 59.6 Å². The van der Waals surface area contributed by atoms with Crippen molar-refractivity contribution in [3.63, 3.8) is 0 Å². The third kappa shape index (κ3) is 5.44. The first kappa shape index (κ1) is 13.4. The van der Waals surface area contributed by atoms with E-state index in [1.807, 2.05) is 0 Å². The Morgan fingerprint density at radius 1 is 1.50 bits per heavy atom. The van der Waals surface area contributed by atoms with Crippen LogP contribution in [0.1, 0.15) is 19.3 Å². The summed E-state index contributed by atoms with van der Waals surface area (Å²) in [4.78, 5) is 11.6. The average Bonchev–Trinajstić information content (AvgIpc) is 2.34. The molecular weight excluding hydrogens is 208 g/mol. The highest BCUT2D eigenvalue weighted by molar-refractivity contribution is 5.81. The molecule has 5 heteroatoms. The van der Waals surface area contributed by atoms with E-state index in [9.17, 15) is 4.79 Å². The molecule has 1 saturated heterocycles. The van der Waals surface area contributed by atoms with Gasteiger partial charge < -0.3 is 20.1 Å². The smallest absolute Gasteiger partial charge is 0.239 e. The number of nitrogens with one attached hydrogen (secondary N) is 2. The number of amides is 1. The van der Waals surface area contributed by atoms with Gasteiger partial charge in [-0.2, -0.15) is 0 Å². The second-order valence-corrected chi connectivity index (χ2v) is 3.93. The minimum Gasteiger partial charge on any atom is -0.385 e. The highest BCUT2D eigenvalue weighted by Gasteiger charge is 2.20. The van der Waals surface area contributed by atoms with Crippen molar-refractivity contribution >= 4 is 5.91 Å². The van der Waals surface area contributed by atoms with E-state index >= 15 is 0 Å². The van der Waals surface area contributed by atoms with Gasteiger partial charge >= 0.3 is 0 Å². The van der Waals surface area contributed by atoms with E-state index in [4.69, 9.17) is 9.47 Å². The molecule has 0 bridgehead atoms. The van der Waals surface area contributed by atoms with Gasteiger partial charge in [0.1, 0.15) is 6.04 Å². The Morgan fingerprint density at radius 2 is 2.38 bits per heavy atom. The van der Waals surface area contributed by atoms with E-state index in [0.29, 0.717) is 13.2 Å². The molecule has 0 aromatic heterocycles. The summed E-state index contributed by atoms with van der Waals surface area (Å²) in [7, 11) is 1.70. The van der Waals surface area contributed by atoms with Crippen molar-refractivity contribution in [2.45, 2.75) is 25.3 Å². The summed E-state index contributed by atoms with van der Waals surface area (Å²) >= 11 is 0. The zero-order valence-electron chi connectivity index (χ0n) is 9.96. The largest absolute Gasteiger partial charge is 0.385 e. The second-order valence-electron chi connectivity index (χ2n) is 3.93. The first-order chi connectivity index (χ1) is 7.84. The van der Waals surface area contributed by atoms with E-state index in [2.05, 4.69) is 10.6 Å². The summed E-state index contributed by atoms with van der Waals surface area (Å²) in [5, 5.41) is 6.03. The van der Waals surface area contributed by atoms with Gasteiger partial charge in [-0.15, -0.1) is 0 Å². The summed E-state index contributed by atoms with van der Waals surface area (Å²) in [5.41, 5.74) is 0. The van der Waals surface area contributed by atoms with Crippen molar-refractivity contribution in [1.82, 2.24) is 10.6 Å². The summed E-state index contributed by atoms with van der Waals surface area (Å²) in [6.07, 6.45) is 3.14. The van der Waals surface area contributed by atoms with E-state index < -0.39 is 0 Å². The molecule has 2 N–H and O–H groups in total. The fourth-order valence-electron chi connectivity index (χ4n) is 1.62. The van der Waals surface area contributed by atoms with Crippen molar-refractivity contribution in [2.75, 3.05) is 40.0 Å². The summed E-state index contributed by atoms with van der Waals surface area (Å²) in [6, 6.07) is -0.173. The number of methoxy groups -OCH3 is 1. The third-order valence-corrected chi connectivity index (χ3v) is 2.56. The Labute approximate surface area is 96.9 Å². The SMILES string of the molecule is COCCCCCNC(=O)C1COCCN1. The van der Waals surface area contributed by atoms with Gasteiger partial charge in [0.05, 0.1) is 13.2 Å². The Balaban J connectivity index is 1.97. The lowest BCUT2D eigenvalue weighted by molar-refractivity contribution is -0.125. The van der Waals surface area contributed by atoms with Crippen LogP contribution in [0, 0.1) is 0 Å². The molecule has 1 fully saturated rings. The highest BCUT2D eigenvalue weighted by atomic mass is 16.5. The fourth-order valence-corrected chi connectivity index (χ4v) is 1.62. The van der Waals surface area contributed by atoms with Crippen LogP contribution in [0.5, 0.6) is 0 Å². The summed E-state index contributed by atoms with van der Waals surface area (Å²) in [5.74, 6) is 0.0476. The molecule has 1 aliphatic heterocycles. The Hall–Kier alpha value is -0.650. The van der Waals surface area contributed by atoms with Gasteiger partial charge in [0.2, 0.25) is 5.91 Å². The zero-order chi connectivity index (χ0) is 11.6. The van der Waals surface area contributed by atoms with Crippen molar-refractivity contribution in [2.24, 2.45) is 0 Å². The van der Waals surface area contributed by atoms with Crippen LogP contribution in [-0.2, 0) is 14.3 Å². The number of ether oxygens (including phenoxy) is 2. The molecule has 0 aromatic carbocycles. The Morgan fingerprint density at radius 3 is 3.06 bits per heavy atom. The van der Waals surface area contributed by atoms with Crippen molar-refractivity contribution in [3.05, 3.63) is 0 Å². The van der Waals surface area contributed by atoms with Crippen LogP contribution in [0.3, 0.4) is 0 Å². The van der Waals surface area contributed by atoms with Crippen molar-refractivity contribution in [3.8, 4) is 0 Å². The maximum atomic E-state index is 11.6. The lowest BCUT2D eigenvalue weighted by Gasteiger charge is -2.22. The normalized spacial score (nSPS) is 20.7. The van der Waals surface area contributed by atoms with Gasteiger partial charge in [0.25, 0.3) is 0 Å². The van der Waals surface area contributed by atoms with Crippen LogP contribution >= 0.6 is 0 Å². The average molecular weight is 230 g/mol. The number of unbranched alkanes of at least 4 members (excludes halogenated alkanes) is 2. The summed E-state index contributed by atoms with van der Waals surface area (Å²) < 4.78 is 10.2. The van der Waals surface area contributed by atoms with E-state index in [1.165, 1.54) is 0 Å². The van der Waals surface area contributed by atoms with Gasteiger partial charge in [-0.05, 0) is 19.3 Å². The Kier molecular flexibility index (Phi) is 7.12. The van der Waals surface area contributed by atoms with Gasteiger partial charge in [-0.25, -0.2) is 0 Å². The monoisotopic (exact) mass is 230 g/mol. The zero-order valence-corrected chi connectivity index (χ0v) is 9.96. The van der Waals surface area contributed by atoms with Crippen LogP contribution in [-0.4, -0.2) is 52.0 Å². The molecule has 1 amide bonds. The second kappa shape index (κ2) is 8.50. The van der Waals surface area contributed by atoms with Crippen molar-refractivity contribution < 1.29 is 14.3 Å². The number of hydrogen-bond donors (Lipinski definition) is 2. The molecule has 1 heterocycles. The van der Waals surface area contributed by atoms with Gasteiger partial charge in [-0.1, -0.05) is 0 Å². The molecule has 1 aliphatic rings. The van der Waals surface area contributed by atoms with Crippen LogP contribution in [0.25, 0.3) is 0 Å². The molecule has 16 heavy (non-hydrogen) atoms. The molecule has 0 saturated carbocycles. The van der Waals surface area contributed by atoms with Gasteiger partial charge in [-0.3, -0.25) is 4.79 Å². The van der Waals surface area contributed by atoms with E-state index in [-0.39, 0.29) is 11.9 Å². The molecule has 5 nitrogen and oxygen atoms in total. The maximum absolute atomic E-state index is 11.6. The van der Waals surface area contributed by atoms with Crippen LogP contribution in [0.15, 0.2) is 0 Å². The number of hydrogen-bond acceptors (Lipinski definition) is 4. The minimum atomic E-state index is -0.173. The van der Waals surface area contributed by atoms with Gasteiger partial charge in [0.15, 0.2) is 0 Å². The van der Waals surface area contributed by atoms with E-state index in [1.54, 1.807) is 7.11 Å². The maximum Gasteiger partial charge on any atom is 0.239 e. The molecule has 0 aromatic rings. The standard InChI is InChI=1S/C11H22N2O3/c1-15-7-4-2-3-5-13-11(14)10-9-16-8-6-12-10/h10,12H,2-9H2,1H3,(H,13,14). The number of morpholine rings is 1. The predicted molar refractivity (Wildman–Crippen MR) is 61.3 cm³/mol.